The van der Waals surface area contributed by atoms with Crippen molar-refractivity contribution in [1.82, 2.24) is 5.06 Å². The number of benzene rings is 1. The van der Waals surface area contributed by atoms with E-state index in [0.29, 0.717) is 5.06 Å². The summed E-state index contributed by atoms with van der Waals surface area (Å²) < 4.78 is 4.95. The minimum atomic E-state index is -0.851. The van der Waals surface area contributed by atoms with Gasteiger partial charge in [0.2, 0.25) is 0 Å². The van der Waals surface area contributed by atoms with Crippen molar-refractivity contribution in [2.24, 2.45) is 0 Å². The summed E-state index contributed by atoms with van der Waals surface area (Å²) >= 11 is 0. The Morgan fingerprint density at radius 3 is 2.31 bits per heavy atom. The molecule has 0 bridgehead atoms. The maximum Gasteiger partial charge on any atom is 0.437 e. The smallest absolute Gasteiger partial charge is 0.437 e. The van der Waals surface area contributed by atoms with Crippen LogP contribution in [0, 0.1) is 0 Å². The first kappa shape index (κ1) is 12.5. The minimum Gasteiger partial charge on any atom is -0.442 e. The van der Waals surface area contributed by atoms with E-state index in [1.807, 2.05) is 18.2 Å². The van der Waals surface area contributed by atoms with Crippen LogP contribution >= 0.6 is 0 Å². The van der Waals surface area contributed by atoms with Gasteiger partial charge in [0, 0.05) is 0 Å². The monoisotopic (exact) mass is 222 g/mol. The van der Waals surface area contributed by atoms with E-state index in [-0.39, 0.29) is 6.54 Å². The number of hydrogen-bond donors (Lipinski definition) is 0. The van der Waals surface area contributed by atoms with Crippen LogP contribution in [0.1, 0.15) is 26.3 Å². The second kappa shape index (κ2) is 4.99. The van der Waals surface area contributed by atoms with E-state index in [1.165, 1.54) is 0 Å². The molecule has 0 fully saturated rings. The molecule has 87 valence electrons. The number of hydroxylamine groups is 2. The van der Waals surface area contributed by atoms with Crippen molar-refractivity contribution in [2.75, 3.05) is 0 Å². The van der Waals surface area contributed by atoms with Crippen LogP contribution in [0.4, 0.5) is 4.79 Å². The molecule has 4 nitrogen and oxygen atoms in total. The van der Waals surface area contributed by atoms with E-state index in [0.717, 1.165) is 5.56 Å². The number of ether oxygens (including phenoxy) is 1. The highest BCUT2D eigenvalue weighted by atomic mass is 16.6. The maximum absolute atomic E-state index is 11.4. The Bertz CT molecular complexity index is 343. The second-order valence-corrected chi connectivity index (χ2v) is 4.50. The molecule has 0 aliphatic rings. The summed E-state index contributed by atoms with van der Waals surface area (Å²) in [5.41, 5.74) is 0.138. The molecule has 0 unspecified atom stereocenters. The molecule has 1 aromatic carbocycles. The van der Waals surface area contributed by atoms with E-state index in [2.05, 4.69) is 0 Å². The van der Waals surface area contributed by atoms with Crippen LogP contribution in [0.2, 0.25) is 0 Å². The molecular weight excluding hydrogens is 206 g/mol. The quantitative estimate of drug-likeness (QED) is 0.722. The molecule has 0 heterocycles. The SMILES string of the molecule is CC(C)(C)OC(=O)N([O])Cc1ccccc1. The van der Waals surface area contributed by atoms with Crippen LogP contribution in [-0.2, 0) is 16.5 Å². The lowest BCUT2D eigenvalue weighted by molar-refractivity contribution is -0.150. The average molecular weight is 222 g/mol. The number of carbonyl (C=O) groups excluding carboxylic acids is 1. The largest absolute Gasteiger partial charge is 0.442 e. The zero-order chi connectivity index (χ0) is 12.2. The van der Waals surface area contributed by atoms with Gasteiger partial charge in [-0.25, -0.2) is 4.79 Å². The number of carbonyl (C=O) groups is 1. The zero-order valence-electron chi connectivity index (χ0n) is 9.77. The van der Waals surface area contributed by atoms with E-state index >= 15 is 0 Å². The Labute approximate surface area is 95.4 Å². The predicted octanol–water partition coefficient (Wildman–Crippen LogP) is 2.77. The predicted molar refractivity (Wildman–Crippen MR) is 58.9 cm³/mol. The Morgan fingerprint density at radius 2 is 1.81 bits per heavy atom. The standard InChI is InChI=1S/C12H16NO3/c1-12(2,3)16-11(14)13(15)9-10-7-5-4-6-8-10/h4-8H,9H2,1-3H3. The Morgan fingerprint density at radius 1 is 1.25 bits per heavy atom. The topological polar surface area (TPSA) is 49.4 Å². The Balaban J connectivity index is 2.53. The molecule has 0 aliphatic heterocycles. The lowest BCUT2D eigenvalue weighted by atomic mass is 10.2. The highest BCUT2D eigenvalue weighted by molar-refractivity contribution is 5.66. The number of nitrogens with zero attached hydrogens (tertiary/aromatic N) is 1. The zero-order valence-corrected chi connectivity index (χ0v) is 9.77. The van der Waals surface area contributed by atoms with E-state index < -0.39 is 11.7 Å². The number of rotatable bonds is 2. The fraction of sp³-hybridized carbons (Fsp3) is 0.417. The van der Waals surface area contributed by atoms with Crippen molar-refractivity contribution in [3.63, 3.8) is 0 Å². The van der Waals surface area contributed by atoms with Crippen molar-refractivity contribution in [3.8, 4) is 0 Å². The van der Waals surface area contributed by atoms with Gasteiger partial charge >= 0.3 is 6.09 Å². The van der Waals surface area contributed by atoms with Crippen LogP contribution in [0.5, 0.6) is 0 Å². The van der Waals surface area contributed by atoms with Crippen LogP contribution in [0.3, 0.4) is 0 Å². The molecule has 1 rings (SSSR count). The van der Waals surface area contributed by atoms with Gasteiger partial charge in [0.1, 0.15) is 5.60 Å². The summed E-state index contributed by atoms with van der Waals surface area (Å²) in [5.74, 6) is 0. The molecule has 1 amide bonds. The van der Waals surface area contributed by atoms with Gasteiger partial charge in [-0.3, -0.25) is 0 Å². The second-order valence-electron chi connectivity index (χ2n) is 4.50. The van der Waals surface area contributed by atoms with Crippen molar-refractivity contribution < 1.29 is 14.7 Å². The minimum absolute atomic E-state index is 0.00968. The van der Waals surface area contributed by atoms with Gasteiger partial charge in [-0.1, -0.05) is 35.5 Å². The average Bonchev–Trinajstić information content (AvgIpc) is 2.16. The van der Waals surface area contributed by atoms with Crippen molar-refractivity contribution in [2.45, 2.75) is 32.9 Å². The van der Waals surface area contributed by atoms with Gasteiger partial charge < -0.3 is 4.74 Å². The number of hydrogen-bond acceptors (Lipinski definition) is 2. The Kier molecular flexibility index (Phi) is 3.90. The molecule has 4 heteroatoms. The van der Waals surface area contributed by atoms with E-state index in [9.17, 15) is 10.0 Å². The molecule has 1 aromatic rings. The van der Waals surface area contributed by atoms with Crippen LogP contribution in [0.25, 0.3) is 0 Å². The fourth-order valence-electron chi connectivity index (χ4n) is 1.13. The molecule has 0 aromatic heterocycles. The molecule has 0 atom stereocenters. The summed E-state index contributed by atoms with van der Waals surface area (Å²) in [6, 6.07) is 9.06. The van der Waals surface area contributed by atoms with E-state index in [4.69, 9.17) is 4.74 Å². The molecule has 0 spiro atoms. The molecule has 1 radical (unpaired) electrons. The third kappa shape index (κ3) is 4.31. The summed E-state index contributed by atoms with van der Waals surface area (Å²) in [5, 5.41) is 11.8. The van der Waals surface area contributed by atoms with Gasteiger partial charge in [-0.05, 0) is 26.3 Å². The van der Waals surface area contributed by atoms with Gasteiger partial charge in [0.05, 0.1) is 6.54 Å². The van der Waals surface area contributed by atoms with E-state index in [1.54, 1.807) is 32.9 Å². The Hall–Kier alpha value is -1.55. The maximum atomic E-state index is 11.4. The first-order valence-electron chi connectivity index (χ1n) is 5.10. The summed E-state index contributed by atoms with van der Waals surface area (Å²) in [6.45, 7) is 5.18. The van der Waals surface area contributed by atoms with Crippen LogP contribution in [-0.4, -0.2) is 16.8 Å². The number of amides is 1. The molecular formula is C12H16NO3. The van der Waals surface area contributed by atoms with Crippen molar-refractivity contribution >= 4 is 6.09 Å². The highest BCUT2D eigenvalue weighted by Gasteiger charge is 2.21. The van der Waals surface area contributed by atoms with Gasteiger partial charge in [0.15, 0.2) is 0 Å². The lowest BCUT2D eigenvalue weighted by Gasteiger charge is -2.22. The lowest BCUT2D eigenvalue weighted by Crippen LogP contribution is -2.33. The normalized spacial score (nSPS) is 11.0. The first-order valence-corrected chi connectivity index (χ1v) is 5.10. The van der Waals surface area contributed by atoms with Gasteiger partial charge in [-0.2, -0.15) is 0 Å². The summed E-state index contributed by atoms with van der Waals surface area (Å²) in [4.78, 5) is 11.4. The van der Waals surface area contributed by atoms with Gasteiger partial charge in [0.25, 0.3) is 0 Å². The van der Waals surface area contributed by atoms with Crippen molar-refractivity contribution in [1.29, 1.82) is 0 Å². The molecule has 0 saturated heterocycles. The highest BCUT2D eigenvalue weighted by Crippen LogP contribution is 2.11. The van der Waals surface area contributed by atoms with Crippen molar-refractivity contribution in [3.05, 3.63) is 35.9 Å². The molecule has 16 heavy (non-hydrogen) atoms. The first-order chi connectivity index (χ1) is 7.38. The molecule has 0 aliphatic carbocycles. The molecule has 0 N–H and O–H groups in total. The van der Waals surface area contributed by atoms with Crippen LogP contribution < -0.4 is 0 Å². The third-order valence-electron chi connectivity index (χ3n) is 1.77. The summed E-state index contributed by atoms with van der Waals surface area (Å²) in [7, 11) is 0. The fourth-order valence-corrected chi connectivity index (χ4v) is 1.13. The summed E-state index contributed by atoms with van der Waals surface area (Å²) in [6.07, 6.45) is -0.851. The molecule has 0 saturated carbocycles. The third-order valence-corrected chi connectivity index (χ3v) is 1.77. The van der Waals surface area contributed by atoms with Crippen LogP contribution in [0.15, 0.2) is 30.3 Å². The van der Waals surface area contributed by atoms with Gasteiger partial charge in [-0.15, -0.1) is 5.06 Å².